The van der Waals surface area contributed by atoms with Gasteiger partial charge >= 0.3 is 0 Å². The van der Waals surface area contributed by atoms with Gasteiger partial charge in [-0.3, -0.25) is 9.69 Å². The Balaban J connectivity index is 1.15. The average Bonchev–Trinajstić information content (AvgIpc) is 3.36. The van der Waals surface area contributed by atoms with E-state index in [0.717, 1.165) is 86.5 Å². The Morgan fingerprint density at radius 2 is 2.06 bits per heavy atom. The fraction of sp³-hybridized carbons (Fsp3) is 0.727. The molecule has 4 rings (SSSR count). The van der Waals surface area contributed by atoms with E-state index in [1.807, 2.05) is 6.92 Å². The van der Waals surface area contributed by atoms with Crippen LogP contribution in [0.1, 0.15) is 60.4 Å². The number of nitrogens with zero attached hydrogens (tertiary/aromatic N) is 4. The molecule has 0 spiro atoms. The molecule has 2 aromatic heterocycles. The largest absolute Gasteiger partial charge is 0.464 e. The Morgan fingerprint density at radius 1 is 1.27 bits per heavy atom. The summed E-state index contributed by atoms with van der Waals surface area (Å²) in [4.78, 5) is 24.5. The molecule has 0 aromatic carbocycles. The zero-order valence-electron chi connectivity index (χ0n) is 19.1. The first-order chi connectivity index (χ1) is 15.7. The average molecular weight is 500 g/mol. The maximum atomic E-state index is 13.0. The molecule has 2 aliphatic rings. The third-order valence-electron chi connectivity index (χ3n) is 6.18. The molecule has 0 atom stereocenters. The fourth-order valence-corrected chi connectivity index (χ4v) is 6.01. The Bertz CT molecular complexity index is 938. The van der Waals surface area contributed by atoms with Crippen LogP contribution in [0.15, 0.2) is 0 Å². The molecule has 11 heteroatoms. The Morgan fingerprint density at radius 3 is 2.76 bits per heavy atom. The highest BCUT2D eigenvalue weighted by atomic mass is 32.1. The number of thiazole rings is 1. The van der Waals surface area contributed by atoms with Gasteiger partial charge in [0.05, 0.1) is 12.1 Å². The molecule has 3 heterocycles. The van der Waals surface area contributed by atoms with E-state index >= 15 is 0 Å². The van der Waals surface area contributed by atoms with Gasteiger partial charge in [-0.25, -0.2) is 18.7 Å². The lowest BCUT2D eigenvalue weighted by atomic mass is 9.84. The molecule has 7 nitrogen and oxygen atoms in total. The summed E-state index contributed by atoms with van der Waals surface area (Å²) < 4.78 is 35.4. The van der Waals surface area contributed by atoms with E-state index in [1.54, 1.807) is 0 Å². The van der Waals surface area contributed by atoms with Gasteiger partial charge in [0.15, 0.2) is 6.61 Å². The third-order valence-corrected chi connectivity index (χ3v) is 8.05. The van der Waals surface area contributed by atoms with Crippen molar-refractivity contribution in [2.75, 3.05) is 19.7 Å². The van der Waals surface area contributed by atoms with Gasteiger partial charge in [-0.05, 0) is 69.4 Å². The molecule has 0 bridgehead atoms. The van der Waals surface area contributed by atoms with E-state index in [1.165, 1.54) is 22.9 Å². The van der Waals surface area contributed by atoms with Gasteiger partial charge in [-0.1, -0.05) is 11.3 Å². The summed E-state index contributed by atoms with van der Waals surface area (Å²) in [7, 11) is 0. The van der Waals surface area contributed by atoms with Crippen LogP contribution in [-0.4, -0.2) is 56.8 Å². The van der Waals surface area contributed by atoms with Crippen molar-refractivity contribution in [3.8, 4) is 5.19 Å². The minimum Gasteiger partial charge on any atom is -0.464 e. The lowest BCUT2D eigenvalue weighted by molar-refractivity contribution is -0.121. The lowest BCUT2D eigenvalue weighted by Crippen LogP contribution is -2.39. The molecule has 1 fully saturated rings. The molecular weight excluding hydrogens is 468 g/mol. The van der Waals surface area contributed by atoms with Gasteiger partial charge in [0, 0.05) is 30.9 Å². The van der Waals surface area contributed by atoms with E-state index in [4.69, 9.17) is 4.74 Å². The summed E-state index contributed by atoms with van der Waals surface area (Å²) in [6, 6.07) is 0.254. The number of aryl methyl sites for hydroxylation is 1. The second kappa shape index (κ2) is 10.7. The summed E-state index contributed by atoms with van der Waals surface area (Å²) in [6.07, 6.45) is 6.63. The molecule has 2 aromatic rings. The van der Waals surface area contributed by atoms with Crippen LogP contribution < -0.4 is 10.1 Å². The van der Waals surface area contributed by atoms with Crippen molar-refractivity contribution >= 4 is 28.8 Å². The van der Waals surface area contributed by atoms with Crippen LogP contribution in [0.25, 0.3) is 0 Å². The highest BCUT2D eigenvalue weighted by Gasteiger charge is 2.27. The quantitative estimate of drug-likeness (QED) is 0.562. The first kappa shape index (κ1) is 24.4. The van der Waals surface area contributed by atoms with Crippen LogP contribution in [0, 0.1) is 12.8 Å². The SMILES string of the molecule is Cc1nsc(CC(=O)N[C@H]2CC[C@H](CCN3CCc4sc(OCC(C)(F)F)nc4C3)CC2)n1. The van der Waals surface area contributed by atoms with Gasteiger partial charge in [-0.2, -0.15) is 4.37 Å². The summed E-state index contributed by atoms with van der Waals surface area (Å²) in [5.41, 5.74) is 0.970. The van der Waals surface area contributed by atoms with Crippen molar-refractivity contribution in [1.82, 2.24) is 24.6 Å². The molecule has 0 saturated heterocycles. The number of carbonyl (C=O) groups excluding carboxylic acids is 1. The molecule has 1 amide bonds. The van der Waals surface area contributed by atoms with E-state index in [9.17, 15) is 13.6 Å². The van der Waals surface area contributed by atoms with Crippen molar-refractivity contribution in [2.24, 2.45) is 5.92 Å². The summed E-state index contributed by atoms with van der Waals surface area (Å²) in [5, 5.41) is 4.28. The molecule has 1 saturated carbocycles. The molecule has 0 radical (unpaired) electrons. The lowest BCUT2D eigenvalue weighted by Gasteiger charge is -2.31. The third kappa shape index (κ3) is 7.38. The van der Waals surface area contributed by atoms with Gasteiger partial charge in [0.2, 0.25) is 5.91 Å². The maximum absolute atomic E-state index is 13.0. The summed E-state index contributed by atoms with van der Waals surface area (Å²) in [6.45, 7) is 4.79. The second-order valence-electron chi connectivity index (χ2n) is 9.22. The number of ether oxygens (including phenoxy) is 1. The normalized spacial score (nSPS) is 21.6. The van der Waals surface area contributed by atoms with E-state index < -0.39 is 12.5 Å². The van der Waals surface area contributed by atoms with E-state index in [0.29, 0.717) is 17.5 Å². The van der Waals surface area contributed by atoms with Gasteiger partial charge < -0.3 is 10.1 Å². The number of alkyl halides is 2. The topological polar surface area (TPSA) is 80.2 Å². The fourth-order valence-electron chi connectivity index (χ4n) is 4.46. The number of fused-ring (bicyclic) bond motifs is 1. The van der Waals surface area contributed by atoms with Crippen LogP contribution in [0.5, 0.6) is 5.19 Å². The highest BCUT2D eigenvalue weighted by Crippen LogP contribution is 2.32. The van der Waals surface area contributed by atoms with Crippen molar-refractivity contribution in [3.63, 3.8) is 0 Å². The van der Waals surface area contributed by atoms with Crippen molar-refractivity contribution < 1.29 is 18.3 Å². The number of halogens is 2. The zero-order chi connectivity index (χ0) is 23.4. The highest BCUT2D eigenvalue weighted by molar-refractivity contribution is 7.13. The van der Waals surface area contributed by atoms with Gasteiger partial charge in [0.1, 0.15) is 10.8 Å². The van der Waals surface area contributed by atoms with Crippen LogP contribution in [0.3, 0.4) is 0 Å². The standard InChI is InChI=1S/C22H31F2N5O2S2/c1-14-25-20(33-28-14)11-19(30)26-16-5-3-15(4-6-16)7-9-29-10-8-18-17(12-29)27-21(32-18)31-13-22(2,23)24/h15-16H,3-13H2,1-2H3,(H,26,30)/t15-,16-. The molecular formula is C22H31F2N5O2S2. The molecule has 1 aliphatic heterocycles. The smallest absolute Gasteiger partial charge is 0.278 e. The first-order valence-electron chi connectivity index (χ1n) is 11.5. The Kier molecular flexibility index (Phi) is 7.91. The summed E-state index contributed by atoms with van der Waals surface area (Å²) in [5.74, 6) is -1.42. The van der Waals surface area contributed by atoms with Crippen LogP contribution in [0.4, 0.5) is 8.78 Å². The Hall–Kier alpha value is -1.72. The molecule has 33 heavy (non-hydrogen) atoms. The van der Waals surface area contributed by atoms with Crippen molar-refractivity contribution in [3.05, 3.63) is 21.4 Å². The monoisotopic (exact) mass is 499 g/mol. The zero-order valence-corrected chi connectivity index (χ0v) is 20.7. The van der Waals surface area contributed by atoms with Gasteiger partial charge in [-0.15, -0.1) is 0 Å². The number of rotatable bonds is 9. The van der Waals surface area contributed by atoms with E-state index in [-0.39, 0.29) is 11.9 Å². The Labute approximate surface area is 201 Å². The van der Waals surface area contributed by atoms with Crippen LogP contribution in [-0.2, 0) is 24.2 Å². The number of hydrogen-bond acceptors (Lipinski definition) is 8. The second-order valence-corrected chi connectivity index (χ2v) is 11.1. The number of amides is 1. The van der Waals surface area contributed by atoms with Gasteiger partial charge in [0.25, 0.3) is 11.1 Å². The van der Waals surface area contributed by atoms with Crippen LogP contribution in [0.2, 0.25) is 0 Å². The maximum Gasteiger partial charge on any atom is 0.278 e. The number of hydrogen-bond donors (Lipinski definition) is 1. The van der Waals surface area contributed by atoms with Crippen LogP contribution >= 0.6 is 22.9 Å². The van der Waals surface area contributed by atoms with E-state index in [2.05, 4.69) is 24.6 Å². The minimum absolute atomic E-state index is 0.0352. The number of nitrogens with one attached hydrogen (secondary N) is 1. The molecule has 1 N–H and O–H groups in total. The summed E-state index contributed by atoms with van der Waals surface area (Å²) >= 11 is 2.69. The predicted molar refractivity (Wildman–Crippen MR) is 124 cm³/mol. The first-order valence-corrected chi connectivity index (χ1v) is 13.1. The molecule has 0 unspecified atom stereocenters. The molecule has 1 aliphatic carbocycles. The number of aromatic nitrogens is 3. The van der Waals surface area contributed by atoms with Crippen molar-refractivity contribution in [2.45, 2.75) is 77.3 Å². The molecule has 182 valence electrons. The number of carbonyl (C=O) groups is 1. The van der Waals surface area contributed by atoms with Crippen molar-refractivity contribution in [1.29, 1.82) is 0 Å². The minimum atomic E-state index is -2.85. The predicted octanol–water partition coefficient (Wildman–Crippen LogP) is 4.00.